The van der Waals surface area contributed by atoms with E-state index in [0.717, 1.165) is 5.56 Å². The summed E-state index contributed by atoms with van der Waals surface area (Å²) >= 11 is 0. The molecule has 0 saturated carbocycles. The van der Waals surface area contributed by atoms with Crippen LogP contribution in [0.1, 0.15) is 15.9 Å². The SMILES string of the molecule is O=C(NCc1cccnc1)c1ccc2[nH]c(=O)c(=O)[nH]c2c1. The minimum absolute atomic E-state index is 0.280. The zero-order valence-corrected chi connectivity index (χ0v) is 11.4. The van der Waals surface area contributed by atoms with E-state index >= 15 is 0 Å². The summed E-state index contributed by atoms with van der Waals surface area (Å²) in [5.74, 6) is -0.280. The summed E-state index contributed by atoms with van der Waals surface area (Å²) in [5.41, 5.74) is 0.669. The standard InChI is InChI=1S/C15H12N4O3/c20-13(17-8-9-2-1-5-16-7-9)10-3-4-11-12(6-10)19-15(22)14(21)18-11/h1-7H,8H2,(H,17,20)(H,18,21)(H,19,22). The number of hydrogen-bond donors (Lipinski definition) is 3. The van der Waals surface area contributed by atoms with Crippen molar-refractivity contribution >= 4 is 16.9 Å². The number of carbonyl (C=O) groups excluding carboxylic acids is 1. The molecule has 22 heavy (non-hydrogen) atoms. The monoisotopic (exact) mass is 296 g/mol. The molecule has 0 fully saturated rings. The van der Waals surface area contributed by atoms with Gasteiger partial charge in [0.15, 0.2) is 0 Å². The second-order valence-corrected chi connectivity index (χ2v) is 4.71. The zero-order chi connectivity index (χ0) is 15.5. The number of nitrogens with zero attached hydrogens (tertiary/aromatic N) is 1. The molecule has 0 bridgehead atoms. The van der Waals surface area contributed by atoms with Crippen molar-refractivity contribution < 1.29 is 4.79 Å². The van der Waals surface area contributed by atoms with E-state index in [1.807, 2.05) is 6.07 Å². The summed E-state index contributed by atoms with van der Waals surface area (Å²) in [7, 11) is 0. The highest BCUT2D eigenvalue weighted by molar-refractivity contribution is 5.97. The number of carbonyl (C=O) groups is 1. The van der Waals surface area contributed by atoms with Crippen LogP contribution in [0, 0.1) is 0 Å². The van der Waals surface area contributed by atoms with Crippen molar-refractivity contribution in [2.45, 2.75) is 6.54 Å². The van der Waals surface area contributed by atoms with E-state index < -0.39 is 11.1 Å². The van der Waals surface area contributed by atoms with Gasteiger partial charge in [-0.25, -0.2) is 0 Å². The largest absolute Gasteiger partial charge is 0.348 e. The minimum Gasteiger partial charge on any atom is -0.348 e. The van der Waals surface area contributed by atoms with Crippen molar-refractivity contribution in [2.24, 2.45) is 0 Å². The van der Waals surface area contributed by atoms with Gasteiger partial charge in [0.05, 0.1) is 11.0 Å². The number of pyridine rings is 1. The lowest BCUT2D eigenvalue weighted by molar-refractivity contribution is 0.0951. The van der Waals surface area contributed by atoms with Gasteiger partial charge in [-0.3, -0.25) is 19.4 Å². The van der Waals surface area contributed by atoms with Crippen LogP contribution in [0.3, 0.4) is 0 Å². The normalized spacial score (nSPS) is 10.5. The fourth-order valence-electron chi connectivity index (χ4n) is 2.04. The van der Waals surface area contributed by atoms with Crippen LogP contribution in [0.4, 0.5) is 0 Å². The van der Waals surface area contributed by atoms with Crippen molar-refractivity contribution in [3.05, 3.63) is 74.6 Å². The van der Waals surface area contributed by atoms with Crippen LogP contribution < -0.4 is 16.4 Å². The average Bonchev–Trinajstić information content (AvgIpc) is 2.54. The number of aromatic nitrogens is 3. The summed E-state index contributed by atoms with van der Waals surface area (Å²) in [6, 6.07) is 8.32. The molecular weight excluding hydrogens is 284 g/mol. The third kappa shape index (κ3) is 2.78. The van der Waals surface area contributed by atoms with Gasteiger partial charge in [-0.2, -0.15) is 0 Å². The second-order valence-electron chi connectivity index (χ2n) is 4.71. The van der Waals surface area contributed by atoms with Gasteiger partial charge >= 0.3 is 11.1 Å². The van der Waals surface area contributed by atoms with E-state index in [0.29, 0.717) is 23.1 Å². The van der Waals surface area contributed by atoms with Gasteiger partial charge in [0.1, 0.15) is 0 Å². The lowest BCUT2D eigenvalue weighted by atomic mass is 10.1. The Labute approximate surface area is 124 Å². The molecule has 110 valence electrons. The van der Waals surface area contributed by atoms with Crippen molar-refractivity contribution in [1.29, 1.82) is 0 Å². The molecule has 2 heterocycles. The molecule has 0 spiro atoms. The molecule has 0 atom stereocenters. The molecule has 1 aromatic carbocycles. The lowest BCUT2D eigenvalue weighted by Gasteiger charge is -2.06. The Hall–Kier alpha value is -3.22. The van der Waals surface area contributed by atoms with E-state index in [2.05, 4.69) is 20.3 Å². The molecule has 0 aliphatic rings. The first-order valence-corrected chi connectivity index (χ1v) is 6.57. The predicted octanol–water partition coefficient (Wildman–Crippen LogP) is 0.541. The highest BCUT2D eigenvalue weighted by atomic mass is 16.2. The highest BCUT2D eigenvalue weighted by Crippen LogP contribution is 2.09. The van der Waals surface area contributed by atoms with Crippen molar-refractivity contribution in [2.75, 3.05) is 0 Å². The smallest absolute Gasteiger partial charge is 0.314 e. The van der Waals surface area contributed by atoms with Crippen LogP contribution in [-0.2, 0) is 6.54 Å². The van der Waals surface area contributed by atoms with Gasteiger partial charge in [0.2, 0.25) is 0 Å². The van der Waals surface area contributed by atoms with E-state index in [1.54, 1.807) is 30.6 Å². The minimum atomic E-state index is -0.750. The van der Waals surface area contributed by atoms with Gasteiger partial charge < -0.3 is 15.3 Å². The van der Waals surface area contributed by atoms with Gasteiger partial charge in [-0.1, -0.05) is 6.07 Å². The molecular formula is C15H12N4O3. The molecule has 3 rings (SSSR count). The lowest BCUT2D eigenvalue weighted by Crippen LogP contribution is -2.29. The predicted molar refractivity (Wildman–Crippen MR) is 80.6 cm³/mol. The highest BCUT2D eigenvalue weighted by Gasteiger charge is 2.07. The van der Waals surface area contributed by atoms with E-state index in [-0.39, 0.29) is 5.91 Å². The van der Waals surface area contributed by atoms with Crippen LogP contribution in [0.15, 0.2) is 52.3 Å². The molecule has 3 N–H and O–H groups in total. The van der Waals surface area contributed by atoms with Gasteiger partial charge in [0.25, 0.3) is 5.91 Å². The van der Waals surface area contributed by atoms with Gasteiger partial charge in [-0.05, 0) is 29.8 Å². The number of benzene rings is 1. The van der Waals surface area contributed by atoms with Gasteiger partial charge in [0, 0.05) is 24.5 Å². The first-order valence-electron chi connectivity index (χ1n) is 6.57. The number of nitrogens with one attached hydrogen (secondary N) is 3. The Kier molecular flexibility index (Phi) is 3.53. The molecule has 7 heteroatoms. The summed E-state index contributed by atoms with van der Waals surface area (Å²) in [6.45, 7) is 0.354. The molecule has 0 unspecified atom stereocenters. The number of fused-ring (bicyclic) bond motifs is 1. The number of amides is 1. The maximum atomic E-state index is 12.1. The molecule has 3 aromatic rings. The van der Waals surface area contributed by atoms with Crippen LogP contribution >= 0.6 is 0 Å². The summed E-state index contributed by atoms with van der Waals surface area (Å²) in [6.07, 6.45) is 3.33. The Morgan fingerprint density at radius 2 is 1.86 bits per heavy atom. The molecule has 0 aliphatic carbocycles. The van der Waals surface area contributed by atoms with Gasteiger partial charge in [-0.15, -0.1) is 0 Å². The quantitative estimate of drug-likeness (QED) is 0.613. The zero-order valence-electron chi connectivity index (χ0n) is 11.4. The number of aromatic amines is 2. The maximum Gasteiger partial charge on any atom is 0.314 e. The average molecular weight is 296 g/mol. The first-order chi connectivity index (χ1) is 10.6. The van der Waals surface area contributed by atoms with E-state index in [9.17, 15) is 14.4 Å². The summed E-state index contributed by atoms with van der Waals surface area (Å²) in [4.78, 5) is 43.5. The molecule has 0 aliphatic heterocycles. The molecule has 7 nitrogen and oxygen atoms in total. The third-order valence-electron chi connectivity index (χ3n) is 3.16. The fourth-order valence-corrected chi connectivity index (χ4v) is 2.04. The van der Waals surface area contributed by atoms with Crippen molar-refractivity contribution in [3.8, 4) is 0 Å². The first kappa shape index (κ1) is 13.7. The Morgan fingerprint density at radius 1 is 1.09 bits per heavy atom. The van der Waals surface area contributed by atoms with E-state index in [4.69, 9.17) is 0 Å². The molecule has 0 saturated heterocycles. The van der Waals surface area contributed by atoms with Crippen molar-refractivity contribution in [3.63, 3.8) is 0 Å². The maximum absolute atomic E-state index is 12.1. The topological polar surface area (TPSA) is 108 Å². The number of hydrogen-bond acceptors (Lipinski definition) is 4. The molecule has 1 amide bonds. The Balaban J connectivity index is 1.83. The van der Waals surface area contributed by atoms with Crippen LogP contribution in [0.25, 0.3) is 11.0 Å². The fraction of sp³-hybridized carbons (Fsp3) is 0.0667. The number of rotatable bonds is 3. The van der Waals surface area contributed by atoms with E-state index in [1.165, 1.54) is 6.07 Å². The Morgan fingerprint density at radius 3 is 2.59 bits per heavy atom. The molecule has 0 radical (unpaired) electrons. The number of H-pyrrole nitrogens is 2. The summed E-state index contributed by atoms with van der Waals surface area (Å²) < 4.78 is 0. The molecule has 2 aromatic heterocycles. The Bertz CT molecular complexity index is 944. The van der Waals surface area contributed by atoms with Crippen LogP contribution in [0.2, 0.25) is 0 Å². The third-order valence-corrected chi connectivity index (χ3v) is 3.16. The summed E-state index contributed by atoms with van der Waals surface area (Å²) in [5, 5.41) is 2.76. The second kappa shape index (κ2) is 5.65. The van der Waals surface area contributed by atoms with Crippen LogP contribution in [0.5, 0.6) is 0 Å². The van der Waals surface area contributed by atoms with Crippen LogP contribution in [-0.4, -0.2) is 20.9 Å². The van der Waals surface area contributed by atoms with Crippen molar-refractivity contribution in [1.82, 2.24) is 20.3 Å².